The monoisotopic (exact) mass is 242 g/mol. The van der Waals surface area contributed by atoms with E-state index in [2.05, 4.69) is 0 Å². The van der Waals surface area contributed by atoms with Crippen molar-refractivity contribution in [3.05, 3.63) is 0 Å². The van der Waals surface area contributed by atoms with Gasteiger partial charge >= 0.3 is 0 Å². The van der Waals surface area contributed by atoms with Crippen molar-refractivity contribution in [3.8, 4) is 0 Å². The van der Waals surface area contributed by atoms with E-state index >= 15 is 0 Å². The number of hydrogen-bond acceptors (Lipinski definition) is 1. The van der Waals surface area contributed by atoms with Gasteiger partial charge in [-0.15, -0.1) is 0 Å². The molecule has 0 atom stereocenters. The van der Waals surface area contributed by atoms with Gasteiger partial charge in [0.1, 0.15) is 0 Å². The second kappa shape index (κ2) is 27.3. The van der Waals surface area contributed by atoms with Crippen molar-refractivity contribution in [2.24, 2.45) is 0 Å². The molecule has 0 unspecified atom stereocenters. The van der Waals surface area contributed by atoms with Gasteiger partial charge in [-0.1, -0.05) is 0 Å². The Morgan fingerprint density at radius 2 is 1.00 bits per heavy atom. The van der Waals surface area contributed by atoms with E-state index < -0.39 is 0 Å². The van der Waals surface area contributed by atoms with Crippen LogP contribution in [0.5, 0.6) is 0 Å². The van der Waals surface area contributed by atoms with E-state index in [0.29, 0.717) is 0 Å². The minimum absolute atomic E-state index is 0. The molecular weight excluding hydrogens is 235 g/mol. The van der Waals surface area contributed by atoms with E-state index in [1.54, 1.807) is 0 Å². The van der Waals surface area contributed by atoms with Gasteiger partial charge in [-0.25, -0.2) is 0 Å². The van der Waals surface area contributed by atoms with Crippen LogP contribution in [0.1, 0.15) is 0 Å². The van der Waals surface area contributed by atoms with Gasteiger partial charge in [0.05, 0.1) is 0 Å². The van der Waals surface area contributed by atoms with E-state index in [0.717, 1.165) is 0 Å². The van der Waals surface area contributed by atoms with Crippen molar-refractivity contribution >= 4 is 17.4 Å². The normalized spacial score (nSPS) is 0. The van der Waals surface area contributed by atoms with Crippen molar-refractivity contribution in [1.29, 1.82) is 0 Å². The topological polar surface area (TPSA) is 66.5 Å². The van der Waals surface area contributed by atoms with Gasteiger partial charge < -0.3 is 11.6 Å². The van der Waals surface area contributed by atoms with Crippen molar-refractivity contribution in [2.75, 3.05) is 0 Å². The predicted octanol–water partition coefficient (Wildman–Crippen LogP) is -1.05. The summed E-state index contributed by atoms with van der Waals surface area (Å²) in [6.07, 6.45) is 0. The maximum absolute atomic E-state index is 0. The van der Waals surface area contributed by atoms with Crippen LogP contribution in [0, 0.1) is 0 Å². The second-order valence-electron chi connectivity index (χ2n) is 0. The molecule has 5 N–H and O–H groups in total. The summed E-state index contributed by atoms with van der Waals surface area (Å²) in [5.41, 5.74) is 0. The summed E-state index contributed by atoms with van der Waals surface area (Å²) in [6.45, 7) is 0. The van der Waals surface area contributed by atoms with Gasteiger partial charge in [-0.3, -0.25) is 0 Å². The van der Waals surface area contributed by atoms with Crippen molar-refractivity contribution in [2.45, 2.75) is 0 Å². The quantitative estimate of drug-likeness (QED) is 0.540. The third-order valence-electron chi connectivity index (χ3n) is 0. The molecule has 4 heteroatoms. The summed E-state index contributed by atoms with van der Waals surface area (Å²) in [7, 11) is 0. The maximum atomic E-state index is 0. The summed E-state index contributed by atoms with van der Waals surface area (Å²) in [5.74, 6) is 0. The molecule has 0 saturated heterocycles. The molecule has 0 heterocycles. The van der Waals surface area contributed by atoms with Crippen molar-refractivity contribution < 1.29 is 31.3 Å². The Kier molecular flexibility index (Phi) is 388. The Bertz CT molecular complexity index is 8.00. The van der Waals surface area contributed by atoms with E-state index in [1.165, 1.54) is 0 Å². The van der Waals surface area contributed by atoms with E-state index in [-0.39, 0.29) is 54.8 Å². The molecular formula is H5AlHfNO. The van der Waals surface area contributed by atoms with Crippen molar-refractivity contribution in [3.63, 3.8) is 0 Å². The molecule has 3 radical (unpaired) electrons. The summed E-state index contributed by atoms with van der Waals surface area (Å²) in [6, 6.07) is 0. The van der Waals surface area contributed by atoms with Gasteiger partial charge in [0, 0.05) is 43.2 Å². The summed E-state index contributed by atoms with van der Waals surface area (Å²) < 4.78 is 0. The van der Waals surface area contributed by atoms with Crippen LogP contribution in [-0.2, 0) is 25.8 Å². The molecule has 0 fully saturated rings. The Morgan fingerprint density at radius 3 is 1.00 bits per heavy atom. The van der Waals surface area contributed by atoms with Crippen LogP contribution < -0.4 is 6.15 Å². The maximum Gasteiger partial charge on any atom is 0 e. The molecule has 0 aliphatic heterocycles. The summed E-state index contributed by atoms with van der Waals surface area (Å²) in [4.78, 5) is 0. The van der Waals surface area contributed by atoms with Crippen LogP contribution in [0.25, 0.3) is 0 Å². The SMILES string of the molecule is N.O.[Al].[Hf]. The Balaban J connectivity index is 0. The average Bonchev–Trinajstić information content (AvgIpc) is 0. The minimum atomic E-state index is 0. The fourth-order valence-corrected chi connectivity index (χ4v) is 0. The largest absolute Gasteiger partial charge is 0.412 e. The first-order valence-electron chi connectivity index (χ1n) is 0. The van der Waals surface area contributed by atoms with Gasteiger partial charge in [-0.05, 0) is 0 Å². The summed E-state index contributed by atoms with van der Waals surface area (Å²) >= 11 is 0. The predicted molar refractivity (Wildman–Crippen MR) is 14.4 cm³/mol. The standard InChI is InChI=1S/Al.Hf.H3N.H2O/h;;1H3;1H2. The molecule has 0 spiro atoms. The van der Waals surface area contributed by atoms with Crippen molar-refractivity contribution in [1.82, 2.24) is 6.15 Å². The van der Waals surface area contributed by atoms with Gasteiger partial charge in [0.25, 0.3) is 0 Å². The Hall–Kier alpha value is 1.32. The molecule has 0 saturated carbocycles. The average molecular weight is 241 g/mol. The minimum Gasteiger partial charge on any atom is -0.412 e. The molecule has 0 bridgehead atoms. The Morgan fingerprint density at radius 1 is 1.00 bits per heavy atom. The molecule has 23 valence electrons. The third kappa shape index (κ3) is 10.2. The molecule has 0 rings (SSSR count). The molecule has 0 amide bonds. The van der Waals surface area contributed by atoms with Crippen LogP contribution in [0.15, 0.2) is 0 Å². The molecule has 0 aliphatic carbocycles. The van der Waals surface area contributed by atoms with E-state index in [4.69, 9.17) is 0 Å². The molecule has 2 nitrogen and oxygen atoms in total. The van der Waals surface area contributed by atoms with E-state index in [9.17, 15) is 0 Å². The molecule has 0 aromatic heterocycles. The number of rotatable bonds is 0. The van der Waals surface area contributed by atoms with Crippen LogP contribution in [-0.4, -0.2) is 22.8 Å². The van der Waals surface area contributed by atoms with Crippen LogP contribution in [0.4, 0.5) is 0 Å². The first kappa shape index (κ1) is 56.9. The second-order valence-corrected chi connectivity index (χ2v) is 0. The Labute approximate surface area is 54.8 Å². The first-order valence-corrected chi connectivity index (χ1v) is 0. The zero-order chi connectivity index (χ0) is 0. The van der Waals surface area contributed by atoms with Crippen LogP contribution in [0.3, 0.4) is 0 Å². The zero-order valence-corrected chi connectivity index (χ0v) is 7.03. The number of hydrogen-bond donors (Lipinski definition) is 1. The van der Waals surface area contributed by atoms with Gasteiger partial charge in [-0.2, -0.15) is 0 Å². The van der Waals surface area contributed by atoms with Crippen LogP contribution in [0.2, 0.25) is 0 Å². The molecule has 4 heavy (non-hydrogen) atoms. The van der Waals surface area contributed by atoms with Crippen LogP contribution >= 0.6 is 0 Å². The van der Waals surface area contributed by atoms with Gasteiger partial charge in [0.2, 0.25) is 0 Å². The third-order valence-corrected chi connectivity index (χ3v) is 0. The fraction of sp³-hybridized carbons (Fsp3) is 0. The molecule has 0 aliphatic rings. The van der Waals surface area contributed by atoms with E-state index in [1.807, 2.05) is 0 Å². The smallest absolute Gasteiger partial charge is 0 e. The van der Waals surface area contributed by atoms with Gasteiger partial charge in [0.15, 0.2) is 0 Å². The first-order chi connectivity index (χ1) is 0. The summed E-state index contributed by atoms with van der Waals surface area (Å²) in [5, 5.41) is 0. The molecule has 0 aromatic carbocycles. The fourth-order valence-electron chi connectivity index (χ4n) is 0. The zero-order valence-electron chi connectivity index (χ0n) is 2.28. The molecule has 0 aromatic rings.